The Morgan fingerprint density at radius 1 is 1.03 bits per heavy atom. The van der Waals surface area contributed by atoms with E-state index in [9.17, 15) is 9.59 Å². The highest BCUT2D eigenvalue weighted by molar-refractivity contribution is 6.05. The predicted octanol–water partition coefficient (Wildman–Crippen LogP) is 3.80. The summed E-state index contributed by atoms with van der Waals surface area (Å²) < 4.78 is 0. The van der Waals surface area contributed by atoms with E-state index in [0.29, 0.717) is 28.8 Å². The molecule has 1 aromatic heterocycles. The number of carbonyl (C=O) groups excluding carboxylic acids is 2. The summed E-state index contributed by atoms with van der Waals surface area (Å²) in [7, 11) is 0. The van der Waals surface area contributed by atoms with Gasteiger partial charge in [0.1, 0.15) is 0 Å². The summed E-state index contributed by atoms with van der Waals surface area (Å²) in [4.78, 5) is 29.1. The smallest absolute Gasteiger partial charge is 0.255 e. The minimum absolute atomic E-state index is 0. The van der Waals surface area contributed by atoms with Crippen molar-refractivity contribution in [3.8, 4) is 0 Å². The van der Waals surface area contributed by atoms with Gasteiger partial charge in [-0.1, -0.05) is 6.07 Å². The molecule has 2 saturated carbocycles. The highest BCUT2D eigenvalue weighted by atomic mass is 35.5. The molecule has 1 heterocycles. The van der Waals surface area contributed by atoms with Gasteiger partial charge in [-0.3, -0.25) is 14.6 Å². The van der Waals surface area contributed by atoms with Crippen LogP contribution in [0.25, 0.3) is 0 Å². The van der Waals surface area contributed by atoms with Crippen molar-refractivity contribution in [2.75, 3.05) is 10.6 Å². The molecule has 4 rings (SSSR count). The van der Waals surface area contributed by atoms with Crippen LogP contribution in [0, 0.1) is 24.7 Å². The lowest BCUT2D eigenvalue weighted by atomic mass is 9.84. The molecule has 4 N–H and O–H groups in total. The fourth-order valence-electron chi connectivity index (χ4n) is 4.48. The molecule has 4 atom stereocenters. The molecule has 2 aliphatic rings. The molecule has 0 saturated heterocycles. The minimum atomic E-state index is -0.209. The van der Waals surface area contributed by atoms with Crippen LogP contribution in [-0.4, -0.2) is 22.8 Å². The number of nitrogens with one attached hydrogen (secondary N) is 2. The lowest BCUT2D eigenvalue weighted by Crippen LogP contribution is -2.42. The van der Waals surface area contributed by atoms with Crippen molar-refractivity contribution in [2.24, 2.45) is 23.5 Å². The number of amides is 2. The monoisotopic (exact) mass is 436 g/mol. The summed E-state index contributed by atoms with van der Waals surface area (Å²) >= 11 is 0. The second kappa shape index (κ2) is 9.57. The lowest BCUT2D eigenvalue weighted by molar-refractivity contribution is -0.121. The third-order valence-corrected chi connectivity index (χ3v) is 5.98. The van der Waals surface area contributed by atoms with Gasteiger partial charge in [-0.2, -0.15) is 0 Å². The molecule has 8 heteroatoms. The number of benzene rings is 1. The first-order chi connectivity index (χ1) is 13.0. The molecular weight excluding hydrogens is 411 g/mol. The lowest BCUT2D eigenvalue weighted by Gasteiger charge is -2.27. The van der Waals surface area contributed by atoms with Crippen molar-refractivity contribution in [3.63, 3.8) is 0 Å². The van der Waals surface area contributed by atoms with Crippen molar-refractivity contribution in [1.82, 2.24) is 4.98 Å². The summed E-state index contributed by atoms with van der Waals surface area (Å²) in [5.74, 6) is 0.560. The fourth-order valence-corrected chi connectivity index (χ4v) is 4.48. The van der Waals surface area contributed by atoms with Gasteiger partial charge in [0.15, 0.2) is 0 Å². The van der Waals surface area contributed by atoms with E-state index in [1.165, 1.54) is 0 Å². The largest absolute Gasteiger partial charge is 0.327 e. The zero-order valence-electron chi connectivity index (χ0n) is 16.1. The first-order valence-corrected chi connectivity index (χ1v) is 9.41. The van der Waals surface area contributed by atoms with Crippen LogP contribution in [0.4, 0.5) is 11.4 Å². The topological polar surface area (TPSA) is 97.1 Å². The van der Waals surface area contributed by atoms with Crippen molar-refractivity contribution >= 4 is 48.0 Å². The number of pyridine rings is 1. The number of nitrogens with zero attached hydrogens (tertiary/aromatic N) is 1. The number of aryl methyl sites for hydroxylation is 1. The van der Waals surface area contributed by atoms with Crippen molar-refractivity contribution in [2.45, 2.75) is 32.2 Å². The molecule has 0 spiro atoms. The van der Waals surface area contributed by atoms with Gasteiger partial charge in [-0.15, -0.1) is 24.8 Å². The molecule has 156 valence electrons. The summed E-state index contributed by atoms with van der Waals surface area (Å²) in [6, 6.07) is 8.82. The van der Waals surface area contributed by atoms with Gasteiger partial charge in [0, 0.05) is 35.4 Å². The average molecular weight is 437 g/mol. The third-order valence-electron chi connectivity index (χ3n) is 5.98. The van der Waals surface area contributed by atoms with Gasteiger partial charge < -0.3 is 16.4 Å². The van der Waals surface area contributed by atoms with Crippen molar-refractivity contribution in [1.29, 1.82) is 0 Å². The Morgan fingerprint density at radius 3 is 2.38 bits per heavy atom. The molecule has 6 nitrogen and oxygen atoms in total. The molecule has 29 heavy (non-hydrogen) atoms. The molecule has 2 aliphatic carbocycles. The van der Waals surface area contributed by atoms with Crippen LogP contribution in [0.2, 0.25) is 0 Å². The Hall–Kier alpha value is -2.15. The first-order valence-electron chi connectivity index (χ1n) is 9.41. The van der Waals surface area contributed by atoms with Gasteiger partial charge in [-0.05, 0) is 67.9 Å². The second-order valence-electron chi connectivity index (χ2n) is 7.65. The van der Waals surface area contributed by atoms with E-state index in [1.807, 2.05) is 19.1 Å². The quantitative estimate of drug-likeness (QED) is 0.678. The molecule has 4 unspecified atom stereocenters. The number of fused-ring (bicyclic) bond motifs is 2. The highest BCUT2D eigenvalue weighted by Gasteiger charge is 2.49. The number of halogens is 2. The van der Waals surface area contributed by atoms with Crippen LogP contribution < -0.4 is 16.4 Å². The van der Waals surface area contributed by atoms with Gasteiger partial charge in [-0.25, -0.2) is 0 Å². The van der Waals surface area contributed by atoms with Crippen LogP contribution in [0.15, 0.2) is 42.7 Å². The zero-order valence-corrected chi connectivity index (χ0v) is 17.8. The maximum Gasteiger partial charge on any atom is 0.255 e. The highest BCUT2D eigenvalue weighted by Crippen LogP contribution is 2.47. The third kappa shape index (κ3) is 4.71. The molecule has 2 fully saturated rings. The zero-order chi connectivity index (χ0) is 19.0. The molecule has 0 aliphatic heterocycles. The number of rotatable bonds is 4. The maximum absolute atomic E-state index is 12.8. The summed E-state index contributed by atoms with van der Waals surface area (Å²) in [6.07, 6.45) is 6.47. The van der Waals surface area contributed by atoms with E-state index in [2.05, 4.69) is 15.6 Å². The van der Waals surface area contributed by atoms with Gasteiger partial charge in [0.2, 0.25) is 5.91 Å². The Balaban J connectivity index is 0.00000150. The molecule has 1 aromatic carbocycles. The standard InChI is InChI=1S/C21H24N4O2.2ClH/c1-12-2-5-16(11-17(12)25-20(26)13-6-8-23-9-7-13)24-21(27)18-14-3-4-15(10-14)19(18)22;;/h2,5-9,11,14-15,18-19H,3-4,10,22H2,1H3,(H,24,27)(H,25,26);2*1H. The molecular formula is C21H26Cl2N4O2. The van der Waals surface area contributed by atoms with Crippen molar-refractivity contribution < 1.29 is 9.59 Å². The Kier molecular flexibility index (Phi) is 7.63. The second-order valence-corrected chi connectivity index (χ2v) is 7.65. The van der Waals surface area contributed by atoms with E-state index in [4.69, 9.17) is 5.73 Å². The molecule has 0 radical (unpaired) electrons. The normalized spacial score (nSPS) is 24.2. The Morgan fingerprint density at radius 2 is 1.72 bits per heavy atom. The van der Waals surface area contributed by atoms with Crippen molar-refractivity contribution in [3.05, 3.63) is 53.9 Å². The summed E-state index contributed by atoms with van der Waals surface area (Å²) in [6.45, 7) is 1.92. The predicted molar refractivity (Wildman–Crippen MR) is 119 cm³/mol. The first kappa shape index (κ1) is 23.1. The van der Waals surface area contributed by atoms with Gasteiger partial charge in [0.05, 0.1) is 5.92 Å². The SMILES string of the molecule is Cc1ccc(NC(=O)C2C3CCC(C3)C2N)cc1NC(=O)c1ccncc1.Cl.Cl. The number of hydrogen-bond acceptors (Lipinski definition) is 4. The van der Waals surface area contributed by atoms with Crippen LogP contribution in [0.1, 0.15) is 35.2 Å². The van der Waals surface area contributed by atoms with Crippen LogP contribution in [0.5, 0.6) is 0 Å². The fraction of sp³-hybridized carbons (Fsp3) is 0.381. The number of carbonyl (C=O) groups is 2. The van der Waals surface area contributed by atoms with Crippen LogP contribution in [-0.2, 0) is 4.79 Å². The van der Waals surface area contributed by atoms with E-state index in [-0.39, 0.29) is 48.6 Å². The minimum Gasteiger partial charge on any atom is -0.327 e. The number of nitrogens with two attached hydrogens (primary N) is 1. The van der Waals surface area contributed by atoms with E-state index >= 15 is 0 Å². The Labute approximate surface area is 182 Å². The van der Waals surface area contributed by atoms with E-state index in [0.717, 1.165) is 24.8 Å². The maximum atomic E-state index is 12.8. The number of hydrogen-bond donors (Lipinski definition) is 3. The Bertz CT molecular complexity index is 876. The molecule has 2 bridgehead atoms. The number of anilines is 2. The summed E-state index contributed by atoms with van der Waals surface area (Å²) in [5, 5.41) is 5.90. The number of aromatic nitrogens is 1. The van der Waals surface area contributed by atoms with E-state index < -0.39 is 0 Å². The van der Waals surface area contributed by atoms with E-state index in [1.54, 1.807) is 30.6 Å². The van der Waals surface area contributed by atoms with Crippen LogP contribution >= 0.6 is 24.8 Å². The molecule has 2 amide bonds. The average Bonchev–Trinajstić information content (AvgIpc) is 3.26. The molecule has 2 aromatic rings. The van der Waals surface area contributed by atoms with Crippen LogP contribution in [0.3, 0.4) is 0 Å². The van der Waals surface area contributed by atoms with Gasteiger partial charge in [0.25, 0.3) is 5.91 Å². The summed E-state index contributed by atoms with van der Waals surface area (Å²) in [5.41, 5.74) is 9.08. The van der Waals surface area contributed by atoms with Gasteiger partial charge >= 0.3 is 0 Å².